The maximum absolute atomic E-state index is 12.3. The summed E-state index contributed by atoms with van der Waals surface area (Å²) in [6.45, 7) is -0.100. The molecule has 0 amide bonds. The Labute approximate surface area is 140 Å². The van der Waals surface area contributed by atoms with Crippen molar-refractivity contribution in [3.8, 4) is 11.4 Å². The van der Waals surface area contributed by atoms with Gasteiger partial charge in [-0.25, -0.2) is 13.1 Å². The molecule has 0 unspecified atom stereocenters. The predicted molar refractivity (Wildman–Crippen MR) is 84.7 cm³/mol. The van der Waals surface area contributed by atoms with Crippen LogP contribution in [0.25, 0.3) is 11.4 Å². The van der Waals surface area contributed by atoms with Gasteiger partial charge >= 0.3 is 0 Å². The minimum Gasteiger partial charge on any atom is -0.338 e. The standard InChI is InChI=1S/C13H12BrN5O3S/c1-19-8-9(6-15-19)13-17-12(22-18-13)7-16-23(20,21)11-5-3-2-4-10(11)14/h2-6,8,16H,7H2,1H3. The summed E-state index contributed by atoms with van der Waals surface area (Å²) < 4.78 is 34.1. The summed E-state index contributed by atoms with van der Waals surface area (Å²) in [7, 11) is -1.91. The molecule has 0 fully saturated rings. The van der Waals surface area contributed by atoms with Gasteiger partial charge in [-0.15, -0.1) is 0 Å². The summed E-state index contributed by atoms with van der Waals surface area (Å²) in [5, 5.41) is 7.82. The highest BCUT2D eigenvalue weighted by atomic mass is 79.9. The minimum atomic E-state index is -3.68. The van der Waals surface area contributed by atoms with Crippen LogP contribution in [-0.2, 0) is 23.6 Å². The van der Waals surface area contributed by atoms with Crippen LogP contribution in [0.5, 0.6) is 0 Å². The molecule has 0 radical (unpaired) electrons. The Bertz CT molecular complexity index is 935. The van der Waals surface area contributed by atoms with E-state index in [1.807, 2.05) is 0 Å². The maximum Gasteiger partial charge on any atom is 0.242 e. The van der Waals surface area contributed by atoms with Crippen molar-refractivity contribution in [3.63, 3.8) is 0 Å². The zero-order valence-electron chi connectivity index (χ0n) is 12.0. The summed E-state index contributed by atoms with van der Waals surface area (Å²) in [6, 6.07) is 6.54. The highest BCUT2D eigenvalue weighted by Gasteiger charge is 2.18. The van der Waals surface area contributed by atoms with Gasteiger partial charge in [0, 0.05) is 17.7 Å². The molecule has 0 bridgehead atoms. The van der Waals surface area contributed by atoms with E-state index in [-0.39, 0.29) is 17.3 Å². The monoisotopic (exact) mass is 397 g/mol. The van der Waals surface area contributed by atoms with Crippen molar-refractivity contribution >= 4 is 26.0 Å². The molecule has 1 aromatic carbocycles. The average Bonchev–Trinajstić information content (AvgIpc) is 3.14. The molecule has 8 nitrogen and oxygen atoms in total. The topological polar surface area (TPSA) is 103 Å². The van der Waals surface area contributed by atoms with Crippen LogP contribution in [0, 0.1) is 0 Å². The molecule has 120 valence electrons. The normalized spacial score (nSPS) is 11.7. The van der Waals surface area contributed by atoms with E-state index in [9.17, 15) is 8.42 Å². The number of nitrogens with zero attached hydrogens (tertiary/aromatic N) is 4. The Kier molecular flexibility index (Phi) is 4.28. The van der Waals surface area contributed by atoms with E-state index in [1.165, 1.54) is 6.07 Å². The van der Waals surface area contributed by atoms with Crippen LogP contribution in [0.3, 0.4) is 0 Å². The molecule has 0 saturated carbocycles. The highest BCUT2D eigenvalue weighted by molar-refractivity contribution is 9.10. The Morgan fingerprint density at radius 2 is 2.13 bits per heavy atom. The van der Waals surface area contributed by atoms with Crippen LogP contribution in [0.1, 0.15) is 5.89 Å². The van der Waals surface area contributed by atoms with Crippen molar-refractivity contribution in [3.05, 3.63) is 47.0 Å². The molecule has 0 spiro atoms. The predicted octanol–water partition coefficient (Wildman–Crippen LogP) is 1.71. The van der Waals surface area contributed by atoms with Crippen molar-refractivity contribution in [2.45, 2.75) is 11.4 Å². The van der Waals surface area contributed by atoms with Crippen molar-refractivity contribution in [1.82, 2.24) is 24.6 Å². The Morgan fingerprint density at radius 3 is 2.83 bits per heavy atom. The second-order valence-electron chi connectivity index (χ2n) is 4.67. The van der Waals surface area contributed by atoms with E-state index in [2.05, 4.69) is 35.9 Å². The number of hydrogen-bond donors (Lipinski definition) is 1. The molecule has 0 aliphatic heterocycles. The number of nitrogens with one attached hydrogen (secondary N) is 1. The van der Waals surface area contributed by atoms with Gasteiger partial charge < -0.3 is 4.52 Å². The van der Waals surface area contributed by atoms with Crippen molar-refractivity contribution in [2.24, 2.45) is 7.05 Å². The molecule has 2 heterocycles. The van der Waals surface area contributed by atoms with Crippen LogP contribution < -0.4 is 4.72 Å². The van der Waals surface area contributed by atoms with E-state index in [0.717, 1.165) is 0 Å². The van der Waals surface area contributed by atoms with Gasteiger partial charge in [-0.2, -0.15) is 10.1 Å². The number of rotatable bonds is 5. The van der Waals surface area contributed by atoms with E-state index < -0.39 is 10.0 Å². The van der Waals surface area contributed by atoms with E-state index in [0.29, 0.717) is 15.9 Å². The first-order valence-corrected chi connectivity index (χ1v) is 8.79. The SMILES string of the molecule is Cn1cc(-c2noc(CNS(=O)(=O)c3ccccc3Br)n2)cn1. The smallest absolute Gasteiger partial charge is 0.242 e. The van der Waals surface area contributed by atoms with Gasteiger partial charge in [0.05, 0.1) is 23.2 Å². The Hall–Kier alpha value is -2.04. The third-order valence-corrected chi connectivity index (χ3v) is 5.38. The molecular formula is C13H12BrN5O3S. The van der Waals surface area contributed by atoms with Gasteiger partial charge in [0.1, 0.15) is 0 Å². The fourth-order valence-corrected chi connectivity index (χ4v) is 3.85. The van der Waals surface area contributed by atoms with Crippen LogP contribution >= 0.6 is 15.9 Å². The lowest BCUT2D eigenvalue weighted by molar-refractivity contribution is 0.376. The van der Waals surface area contributed by atoms with E-state index in [4.69, 9.17) is 4.52 Å². The quantitative estimate of drug-likeness (QED) is 0.702. The summed E-state index contributed by atoms with van der Waals surface area (Å²) >= 11 is 3.22. The second-order valence-corrected chi connectivity index (χ2v) is 7.26. The number of aryl methyl sites for hydroxylation is 1. The number of aromatic nitrogens is 4. The Morgan fingerprint density at radius 1 is 1.35 bits per heavy atom. The van der Waals surface area contributed by atoms with Crippen molar-refractivity contribution in [1.29, 1.82) is 0 Å². The fourth-order valence-electron chi connectivity index (χ4n) is 1.88. The molecule has 3 aromatic rings. The van der Waals surface area contributed by atoms with Gasteiger partial charge in [-0.1, -0.05) is 17.3 Å². The summed E-state index contributed by atoms with van der Waals surface area (Å²) in [5.41, 5.74) is 0.691. The van der Waals surface area contributed by atoms with E-state index >= 15 is 0 Å². The van der Waals surface area contributed by atoms with Gasteiger partial charge in [0.25, 0.3) is 0 Å². The first-order valence-electron chi connectivity index (χ1n) is 6.51. The summed E-state index contributed by atoms with van der Waals surface area (Å²) in [6.07, 6.45) is 3.33. The lowest BCUT2D eigenvalue weighted by Gasteiger charge is -2.06. The average molecular weight is 398 g/mol. The van der Waals surface area contributed by atoms with Crippen molar-refractivity contribution < 1.29 is 12.9 Å². The van der Waals surface area contributed by atoms with Crippen molar-refractivity contribution in [2.75, 3.05) is 0 Å². The fraction of sp³-hybridized carbons (Fsp3) is 0.154. The van der Waals surface area contributed by atoms with Crippen LogP contribution in [-0.4, -0.2) is 28.3 Å². The molecule has 0 saturated heterocycles. The minimum absolute atomic E-state index is 0.100. The maximum atomic E-state index is 12.3. The third kappa shape index (κ3) is 3.49. The largest absolute Gasteiger partial charge is 0.338 e. The second kappa shape index (κ2) is 6.22. The van der Waals surface area contributed by atoms with Gasteiger partial charge in [-0.3, -0.25) is 4.68 Å². The molecule has 0 atom stereocenters. The van der Waals surface area contributed by atoms with Crippen LogP contribution in [0.2, 0.25) is 0 Å². The lowest BCUT2D eigenvalue weighted by Crippen LogP contribution is -2.23. The Balaban J connectivity index is 1.74. The molecule has 2 aromatic heterocycles. The molecule has 0 aliphatic carbocycles. The number of benzene rings is 1. The number of hydrogen-bond acceptors (Lipinski definition) is 6. The summed E-state index contributed by atoms with van der Waals surface area (Å²) in [4.78, 5) is 4.29. The summed E-state index contributed by atoms with van der Waals surface area (Å²) in [5.74, 6) is 0.521. The molecule has 10 heteroatoms. The number of sulfonamides is 1. The van der Waals surface area contributed by atoms with Crippen LogP contribution in [0.4, 0.5) is 0 Å². The lowest BCUT2D eigenvalue weighted by atomic mass is 10.3. The molecule has 3 rings (SSSR count). The van der Waals surface area contributed by atoms with Gasteiger partial charge in [-0.05, 0) is 28.1 Å². The van der Waals surface area contributed by atoms with Crippen LogP contribution in [0.15, 0.2) is 50.6 Å². The number of halogens is 1. The first-order chi connectivity index (χ1) is 11.0. The third-order valence-electron chi connectivity index (χ3n) is 2.97. The zero-order valence-corrected chi connectivity index (χ0v) is 14.4. The molecular weight excluding hydrogens is 386 g/mol. The van der Waals surface area contributed by atoms with Gasteiger partial charge in [0.2, 0.25) is 21.7 Å². The molecule has 23 heavy (non-hydrogen) atoms. The van der Waals surface area contributed by atoms with Gasteiger partial charge in [0.15, 0.2) is 0 Å². The highest BCUT2D eigenvalue weighted by Crippen LogP contribution is 2.21. The molecule has 1 N–H and O–H groups in total. The van der Waals surface area contributed by atoms with E-state index in [1.54, 1.807) is 42.3 Å². The zero-order chi connectivity index (χ0) is 16.4. The molecule has 0 aliphatic rings. The first kappa shape index (κ1) is 15.8.